The molecule has 0 saturated heterocycles. The van der Waals surface area contributed by atoms with Crippen molar-refractivity contribution in [2.75, 3.05) is 0 Å². The molecule has 0 fully saturated rings. The second kappa shape index (κ2) is 10.2. The van der Waals surface area contributed by atoms with Crippen LogP contribution in [0.1, 0.15) is 0 Å². The van der Waals surface area contributed by atoms with Crippen molar-refractivity contribution in [2.45, 2.75) is 0 Å². The summed E-state index contributed by atoms with van der Waals surface area (Å²) in [7, 11) is -0.877. The van der Waals surface area contributed by atoms with E-state index in [0.29, 0.717) is 0 Å². The molecule has 0 atom stereocenters. The van der Waals surface area contributed by atoms with Crippen LogP contribution in [-0.4, -0.2) is 6.79 Å². The molecule has 3 aromatic rings. The van der Waals surface area contributed by atoms with Gasteiger partial charge in [0.1, 0.15) is 15.9 Å². The molecule has 113 valence electrons. The molecule has 3 heteroatoms. The first-order valence-corrected chi connectivity index (χ1v) is 8.22. The largest absolute Gasteiger partial charge is 0.545 e. The van der Waals surface area contributed by atoms with E-state index in [2.05, 4.69) is 97.8 Å². The minimum Gasteiger partial charge on any atom is -0.545 e. The fourth-order valence-electron chi connectivity index (χ4n) is 2.31. The molecule has 3 rings (SSSR count). The van der Waals surface area contributed by atoms with Gasteiger partial charge in [0.15, 0.2) is 0 Å². The summed E-state index contributed by atoms with van der Waals surface area (Å²) in [4.78, 5) is 7.75. The average Bonchev–Trinajstić information content (AvgIpc) is 2.60. The van der Waals surface area contributed by atoms with Crippen molar-refractivity contribution in [2.24, 2.45) is 0 Å². The van der Waals surface area contributed by atoms with Crippen LogP contribution in [0.5, 0.6) is 0 Å². The summed E-state index contributed by atoms with van der Waals surface area (Å²) in [6.07, 6.45) is 0. The maximum Gasteiger partial charge on any atom is 0.102 e. The van der Waals surface area contributed by atoms with Crippen LogP contribution in [0, 0.1) is 0 Å². The van der Waals surface area contributed by atoms with Crippen molar-refractivity contribution in [3.05, 3.63) is 91.0 Å². The van der Waals surface area contributed by atoms with E-state index in [0.717, 1.165) is 0 Å². The van der Waals surface area contributed by atoms with Gasteiger partial charge >= 0.3 is 0 Å². The molecule has 0 spiro atoms. The minimum atomic E-state index is -0.877. The third-order valence-electron chi connectivity index (χ3n) is 3.19. The number of hydrogen-bond acceptors (Lipinski definition) is 1. The van der Waals surface area contributed by atoms with Crippen molar-refractivity contribution in [1.29, 1.82) is 0 Å². The van der Waals surface area contributed by atoms with E-state index in [1.54, 1.807) is 0 Å². The normalized spacial score (nSPS) is 9.32. The topological polar surface area (TPSA) is 17.1 Å². The van der Waals surface area contributed by atoms with Crippen LogP contribution in [0.3, 0.4) is 0 Å². The third-order valence-corrected chi connectivity index (χ3v) is 5.92. The summed E-state index contributed by atoms with van der Waals surface area (Å²) in [6.45, 7) is 3.25. The fourth-order valence-corrected chi connectivity index (χ4v) is 4.89. The number of benzene rings is 3. The predicted molar refractivity (Wildman–Crippen MR) is 93.3 cm³/mol. The first-order chi connectivity index (χ1) is 10.4. The maximum absolute atomic E-state index is 7.75. The van der Waals surface area contributed by atoms with E-state index < -0.39 is 7.92 Å². The van der Waals surface area contributed by atoms with Crippen molar-refractivity contribution >= 4 is 30.6 Å². The molecular formula is C19H17OPRh. The number of hydrogen-bond donors (Lipinski definition) is 0. The number of rotatable bonds is 3. The van der Waals surface area contributed by atoms with Crippen LogP contribution < -0.4 is 15.9 Å². The summed E-state index contributed by atoms with van der Waals surface area (Å²) in [5, 5.41) is 4.31. The second-order valence-electron chi connectivity index (χ2n) is 4.47. The molecule has 1 radical (unpaired) electrons. The van der Waals surface area contributed by atoms with E-state index in [-0.39, 0.29) is 19.5 Å². The summed E-state index contributed by atoms with van der Waals surface area (Å²) in [5.74, 6) is 0. The van der Waals surface area contributed by atoms with Gasteiger partial charge in [0.2, 0.25) is 0 Å². The van der Waals surface area contributed by atoms with Crippen molar-refractivity contribution in [1.82, 2.24) is 0 Å². The maximum atomic E-state index is 7.75. The van der Waals surface area contributed by atoms with Gasteiger partial charge in [-0.3, -0.25) is 6.79 Å². The zero-order valence-electron chi connectivity index (χ0n) is 12.0. The molecule has 1 nitrogen and oxygen atoms in total. The Hall–Kier alpha value is -1.62. The molecule has 3 aromatic carbocycles. The van der Waals surface area contributed by atoms with Gasteiger partial charge in [-0.05, 0) is 36.4 Å². The van der Waals surface area contributed by atoms with Crippen molar-refractivity contribution < 1.29 is 24.3 Å². The Morgan fingerprint density at radius 1 is 0.500 bits per heavy atom. The van der Waals surface area contributed by atoms with Gasteiger partial charge in [-0.25, -0.2) is 0 Å². The van der Waals surface area contributed by atoms with Gasteiger partial charge in [-0.15, -0.1) is 0 Å². The average molecular weight is 395 g/mol. The summed E-state index contributed by atoms with van der Waals surface area (Å²) < 4.78 is 0. The SMILES string of the molecule is [CH-]=O.[Rh].c1ccc([PH+](c2ccccc2)c2ccccc2)cc1. The van der Waals surface area contributed by atoms with E-state index in [9.17, 15) is 0 Å². The zero-order chi connectivity index (χ0) is 14.9. The van der Waals surface area contributed by atoms with Gasteiger partial charge in [-0.1, -0.05) is 54.6 Å². The first kappa shape index (κ1) is 18.4. The van der Waals surface area contributed by atoms with Crippen molar-refractivity contribution in [3.63, 3.8) is 0 Å². The van der Waals surface area contributed by atoms with Crippen LogP contribution in [0.4, 0.5) is 0 Å². The Labute approximate surface area is 145 Å². The fraction of sp³-hybridized carbons (Fsp3) is 0. The van der Waals surface area contributed by atoms with E-state index >= 15 is 0 Å². The summed E-state index contributed by atoms with van der Waals surface area (Å²) in [6, 6.07) is 32.5. The quantitative estimate of drug-likeness (QED) is 0.289. The summed E-state index contributed by atoms with van der Waals surface area (Å²) >= 11 is 0. The van der Waals surface area contributed by atoms with Crippen LogP contribution in [0.15, 0.2) is 91.0 Å². The van der Waals surface area contributed by atoms with Crippen molar-refractivity contribution in [3.8, 4) is 0 Å². The second-order valence-corrected chi connectivity index (χ2v) is 6.96. The third kappa shape index (κ3) is 4.70. The Morgan fingerprint density at radius 2 is 0.727 bits per heavy atom. The Bertz CT molecular complexity index is 550. The standard InChI is InChI=1S/C18H15P.CHO.Rh/c1-4-10-16(11-5-1)19(17-12-6-2-7-13-17)18-14-8-3-9-15-18;1-2;/h1-15H;1H;/q;-1;/p+1. The smallest absolute Gasteiger partial charge is 0.102 e. The molecule has 0 unspecified atom stereocenters. The van der Waals surface area contributed by atoms with Crippen LogP contribution in [0.25, 0.3) is 0 Å². The van der Waals surface area contributed by atoms with Gasteiger partial charge < -0.3 is 4.79 Å². The molecular weight excluding hydrogens is 378 g/mol. The molecule has 0 bridgehead atoms. The van der Waals surface area contributed by atoms with E-state index in [4.69, 9.17) is 4.79 Å². The molecule has 0 amide bonds. The minimum absolute atomic E-state index is 0. The number of carbonyl (C=O) groups excluding carboxylic acids is 1. The van der Waals surface area contributed by atoms with E-state index in [1.165, 1.54) is 15.9 Å². The Kier molecular flexibility index (Phi) is 8.52. The van der Waals surface area contributed by atoms with E-state index in [1.807, 2.05) is 0 Å². The zero-order valence-corrected chi connectivity index (χ0v) is 14.6. The summed E-state index contributed by atoms with van der Waals surface area (Å²) in [5.41, 5.74) is 0. The Balaban J connectivity index is 0.000000775. The van der Waals surface area contributed by atoms with Gasteiger partial charge in [-0.2, -0.15) is 0 Å². The van der Waals surface area contributed by atoms with Crippen LogP contribution in [-0.2, 0) is 24.3 Å². The van der Waals surface area contributed by atoms with Gasteiger partial charge in [0.05, 0.1) is 7.92 Å². The van der Waals surface area contributed by atoms with Crippen LogP contribution in [0.2, 0.25) is 0 Å². The molecule has 22 heavy (non-hydrogen) atoms. The Morgan fingerprint density at radius 3 is 0.955 bits per heavy atom. The van der Waals surface area contributed by atoms with Crippen LogP contribution >= 0.6 is 7.92 Å². The van der Waals surface area contributed by atoms with Gasteiger partial charge in [0.25, 0.3) is 0 Å². The molecule has 0 N–H and O–H groups in total. The monoisotopic (exact) mass is 395 g/mol. The first-order valence-electron chi connectivity index (χ1n) is 6.72. The molecule has 0 aliphatic heterocycles. The van der Waals surface area contributed by atoms with Gasteiger partial charge in [0, 0.05) is 19.5 Å². The molecule has 0 saturated carbocycles. The molecule has 0 heterocycles. The molecule has 0 aliphatic rings. The molecule has 0 aromatic heterocycles. The molecule has 0 aliphatic carbocycles. The predicted octanol–water partition coefficient (Wildman–Crippen LogP) is 2.90.